The fourth-order valence-electron chi connectivity index (χ4n) is 2.85. The SMILES string of the molecule is CCNc1cccc(N2CCC(C(C)(C)C)CC2)n1. The molecule has 1 aromatic heterocycles. The minimum absolute atomic E-state index is 0.436. The lowest BCUT2D eigenvalue weighted by Crippen LogP contribution is -2.38. The maximum absolute atomic E-state index is 4.69. The molecule has 0 aliphatic carbocycles. The van der Waals surface area contributed by atoms with Gasteiger partial charge in [-0.3, -0.25) is 0 Å². The molecule has 1 N–H and O–H groups in total. The number of hydrogen-bond acceptors (Lipinski definition) is 3. The highest BCUT2D eigenvalue weighted by atomic mass is 15.2. The maximum Gasteiger partial charge on any atom is 0.130 e. The van der Waals surface area contributed by atoms with Crippen molar-refractivity contribution in [3.63, 3.8) is 0 Å². The summed E-state index contributed by atoms with van der Waals surface area (Å²) < 4.78 is 0. The second kappa shape index (κ2) is 5.81. The van der Waals surface area contributed by atoms with E-state index in [1.165, 1.54) is 12.8 Å². The second-order valence-electron chi connectivity index (χ2n) is 6.54. The molecule has 1 aliphatic heterocycles. The van der Waals surface area contributed by atoms with Crippen LogP contribution in [0.3, 0.4) is 0 Å². The van der Waals surface area contributed by atoms with Crippen molar-refractivity contribution in [1.29, 1.82) is 0 Å². The van der Waals surface area contributed by atoms with Gasteiger partial charge in [0.05, 0.1) is 0 Å². The summed E-state index contributed by atoms with van der Waals surface area (Å²) in [7, 11) is 0. The topological polar surface area (TPSA) is 28.2 Å². The van der Waals surface area contributed by atoms with Crippen LogP contribution >= 0.6 is 0 Å². The Labute approximate surface area is 117 Å². The summed E-state index contributed by atoms with van der Waals surface area (Å²) >= 11 is 0. The van der Waals surface area contributed by atoms with Gasteiger partial charge >= 0.3 is 0 Å². The Hall–Kier alpha value is -1.25. The van der Waals surface area contributed by atoms with E-state index < -0.39 is 0 Å². The Morgan fingerprint density at radius 2 is 1.95 bits per heavy atom. The number of anilines is 2. The van der Waals surface area contributed by atoms with Crippen molar-refractivity contribution in [1.82, 2.24) is 4.98 Å². The monoisotopic (exact) mass is 261 g/mol. The number of aromatic nitrogens is 1. The van der Waals surface area contributed by atoms with Gasteiger partial charge in [0.25, 0.3) is 0 Å². The fraction of sp³-hybridized carbons (Fsp3) is 0.688. The second-order valence-corrected chi connectivity index (χ2v) is 6.54. The fourth-order valence-corrected chi connectivity index (χ4v) is 2.85. The molecule has 1 saturated heterocycles. The van der Waals surface area contributed by atoms with Gasteiger partial charge in [0.2, 0.25) is 0 Å². The highest BCUT2D eigenvalue weighted by Gasteiger charge is 2.29. The Morgan fingerprint density at radius 3 is 2.53 bits per heavy atom. The van der Waals surface area contributed by atoms with E-state index in [2.05, 4.69) is 55.0 Å². The summed E-state index contributed by atoms with van der Waals surface area (Å²) in [6.07, 6.45) is 2.55. The van der Waals surface area contributed by atoms with Crippen LogP contribution in [0.5, 0.6) is 0 Å². The normalized spacial score (nSPS) is 17.6. The van der Waals surface area contributed by atoms with Crippen molar-refractivity contribution in [3.8, 4) is 0 Å². The smallest absolute Gasteiger partial charge is 0.130 e. The largest absolute Gasteiger partial charge is 0.370 e. The first-order chi connectivity index (χ1) is 9.00. The summed E-state index contributed by atoms with van der Waals surface area (Å²) in [4.78, 5) is 7.11. The number of hydrogen-bond donors (Lipinski definition) is 1. The highest BCUT2D eigenvalue weighted by molar-refractivity contribution is 5.47. The molecule has 106 valence electrons. The average molecular weight is 261 g/mol. The van der Waals surface area contributed by atoms with Crippen molar-refractivity contribution < 1.29 is 0 Å². The molecule has 1 aromatic rings. The molecule has 0 atom stereocenters. The molecule has 3 nitrogen and oxygen atoms in total. The van der Waals surface area contributed by atoms with Crippen LogP contribution < -0.4 is 10.2 Å². The van der Waals surface area contributed by atoms with E-state index in [9.17, 15) is 0 Å². The minimum atomic E-state index is 0.436. The molecular formula is C16H27N3. The van der Waals surface area contributed by atoms with E-state index in [0.29, 0.717) is 5.41 Å². The van der Waals surface area contributed by atoms with E-state index >= 15 is 0 Å². The molecule has 19 heavy (non-hydrogen) atoms. The molecule has 0 bridgehead atoms. The lowest BCUT2D eigenvalue weighted by molar-refractivity contribution is 0.198. The first-order valence-electron chi connectivity index (χ1n) is 7.46. The predicted octanol–water partition coefficient (Wildman–Crippen LogP) is 3.78. The van der Waals surface area contributed by atoms with Crippen LogP contribution in [0.2, 0.25) is 0 Å². The van der Waals surface area contributed by atoms with Crippen molar-refractivity contribution in [2.45, 2.75) is 40.5 Å². The van der Waals surface area contributed by atoms with Crippen LogP contribution in [-0.2, 0) is 0 Å². The van der Waals surface area contributed by atoms with Crippen LogP contribution in [0, 0.1) is 11.3 Å². The Balaban J connectivity index is 1.99. The van der Waals surface area contributed by atoms with Gasteiger partial charge in [-0.05, 0) is 43.2 Å². The molecule has 0 amide bonds. The van der Waals surface area contributed by atoms with E-state index in [-0.39, 0.29) is 0 Å². The van der Waals surface area contributed by atoms with Crippen LogP contribution in [0.1, 0.15) is 40.5 Å². The van der Waals surface area contributed by atoms with Gasteiger partial charge < -0.3 is 10.2 Å². The first-order valence-corrected chi connectivity index (χ1v) is 7.46. The first kappa shape index (κ1) is 14.2. The van der Waals surface area contributed by atoms with Crippen molar-refractivity contribution in [2.24, 2.45) is 11.3 Å². The third-order valence-corrected chi connectivity index (χ3v) is 4.14. The number of nitrogens with zero attached hydrogens (tertiary/aromatic N) is 2. The summed E-state index contributed by atoms with van der Waals surface area (Å²) in [5, 5.41) is 3.28. The molecule has 3 heteroatoms. The average Bonchev–Trinajstić information content (AvgIpc) is 2.39. The minimum Gasteiger partial charge on any atom is -0.370 e. The van der Waals surface area contributed by atoms with Gasteiger partial charge in [-0.15, -0.1) is 0 Å². The zero-order chi connectivity index (χ0) is 13.9. The number of pyridine rings is 1. The summed E-state index contributed by atoms with van der Waals surface area (Å²) in [5.41, 5.74) is 0.436. The van der Waals surface area contributed by atoms with E-state index in [1.54, 1.807) is 0 Å². The van der Waals surface area contributed by atoms with E-state index in [1.807, 2.05) is 6.07 Å². The molecule has 1 aliphatic rings. The van der Waals surface area contributed by atoms with E-state index in [0.717, 1.165) is 37.2 Å². The Morgan fingerprint density at radius 1 is 1.26 bits per heavy atom. The number of piperidine rings is 1. The molecule has 2 rings (SSSR count). The van der Waals surface area contributed by atoms with Crippen LogP contribution in [0.15, 0.2) is 18.2 Å². The van der Waals surface area contributed by atoms with Gasteiger partial charge in [0.1, 0.15) is 11.6 Å². The lowest BCUT2D eigenvalue weighted by Gasteiger charge is -2.39. The number of nitrogens with one attached hydrogen (secondary N) is 1. The van der Waals surface area contributed by atoms with Gasteiger partial charge in [-0.25, -0.2) is 4.98 Å². The lowest BCUT2D eigenvalue weighted by atomic mass is 9.75. The maximum atomic E-state index is 4.69. The standard InChI is InChI=1S/C16H27N3/c1-5-17-14-7-6-8-15(18-14)19-11-9-13(10-12-19)16(2,3)4/h6-8,13H,5,9-12H2,1-4H3,(H,17,18). The van der Waals surface area contributed by atoms with Gasteiger partial charge in [0, 0.05) is 19.6 Å². The molecule has 2 heterocycles. The number of rotatable bonds is 3. The summed E-state index contributed by atoms with van der Waals surface area (Å²) in [5.74, 6) is 2.93. The quantitative estimate of drug-likeness (QED) is 0.897. The molecule has 0 radical (unpaired) electrons. The summed E-state index contributed by atoms with van der Waals surface area (Å²) in [6.45, 7) is 12.4. The third-order valence-electron chi connectivity index (χ3n) is 4.14. The summed E-state index contributed by atoms with van der Waals surface area (Å²) in [6, 6.07) is 6.25. The van der Waals surface area contributed by atoms with Gasteiger partial charge in [-0.1, -0.05) is 26.8 Å². The van der Waals surface area contributed by atoms with Gasteiger partial charge in [0.15, 0.2) is 0 Å². The van der Waals surface area contributed by atoms with Crippen molar-refractivity contribution >= 4 is 11.6 Å². The van der Waals surface area contributed by atoms with Gasteiger partial charge in [-0.2, -0.15) is 0 Å². The molecule has 0 aromatic carbocycles. The third kappa shape index (κ3) is 3.62. The van der Waals surface area contributed by atoms with Crippen LogP contribution in [-0.4, -0.2) is 24.6 Å². The Kier molecular flexibility index (Phi) is 4.33. The zero-order valence-corrected chi connectivity index (χ0v) is 12.7. The van der Waals surface area contributed by atoms with Crippen LogP contribution in [0.4, 0.5) is 11.6 Å². The highest BCUT2D eigenvalue weighted by Crippen LogP contribution is 2.35. The van der Waals surface area contributed by atoms with Crippen molar-refractivity contribution in [3.05, 3.63) is 18.2 Å². The van der Waals surface area contributed by atoms with Crippen molar-refractivity contribution in [2.75, 3.05) is 29.9 Å². The predicted molar refractivity (Wildman–Crippen MR) is 82.8 cm³/mol. The zero-order valence-electron chi connectivity index (χ0n) is 12.7. The van der Waals surface area contributed by atoms with E-state index in [4.69, 9.17) is 0 Å². The Bertz CT molecular complexity index is 401. The molecule has 0 spiro atoms. The van der Waals surface area contributed by atoms with Crippen LogP contribution in [0.25, 0.3) is 0 Å². The molecule has 1 fully saturated rings. The molecule has 0 saturated carbocycles. The molecule has 0 unspecified atom stereocenters. The molecular weight excluding hydrogens is 234 g/mol.